The Morgan fingerprint density at radius 1 is 1.23 bits per heavy atom. The van der Waals surface area contributed by atoms with Crippen LogP contribution in [0.25, 0.3) is 11.5 Å². The molecule has 3 heterocycles. The predicted octanol–water partition coefficient (Wildman–Crippen LogP) is 3.88. The van der Waals surface area contributed by atoms with Gasteiger partial charge >= 0.3 is 6.43 Å². The molecular formula is C17H11ClF2N4O2. The van der Waals surface area contributed by atoms with Gasteiger partial charge in [0.15, 0.2) is 0 Å². The second-order valence-electron chi connectivity index (χ2n) is 5.75. The maximum atomic E-state index is 12.6. The number of fused-ring (bicyclic) bond motifs is 1. The Bertz CT molecular complexity index is 975. The Kier molecular flexibility index (Phi) is 4.12. The highest BCUT2D eigenvalue weighted by Crippen LogP contribution is 2.28. The number of carbonyl (C=O) groups is 1. The molecule has 1 aliphatic rings. The Hall–Kier alpha value is -2.87. The van der Waals surface area contributed by atoms with Gasteiger partial charge in [0.05, 0.1) is 23.4 Å². The van der Waals surface area contributed by atoms with Crippen molar-refractivity contribution in [3.63, 3.8) is 0 Å². The average Bonchev–Trinajstić information content (AvgIpc) is 3.23. The molecule has 0 saturated carbocycles. The summed E-state index contributed by atoms with van der Waals surface area (Å²) in [4.78, 5) is 18.5. The van der Waals surface area contributed by atoms with E-state index in [0.717, 1.165) is 5.56 Å². The summed E-state index contributed by atoms with van der Waals surface area (Å²) in [6.07, 6.45) is -1.42. The second-order valence-corrected chi connectivity index (χ2v) is 6.19. The molecule has 0 N–H and O–H groups in total. The van der Waals surface area contributed by atoms with Crippen LogP contribution in [0.5, 0.6) is 0 Å². The number of rotatable bonds is 4. The zero-order valence-electron chi connectivity index (χ0n) is 13.2. The first-order valence-corrected chi connectivity index (χ1v) is 8.03. The number of hydrogen-bond acceptors (Lipinski definition) is 5. The molecule has 0 atom stereocenters. The van der Waals surface area contributed by atoms with Gasteiger partial charge in [-0.05, 0) is 23.8 Å². The van der Waals surface area contributed by atoms with Crippen LogP contribution in [0.2, 0.25) is 5.02 Å². The summed E-state index contributed by atoms with van der Waals surface area (Å²) < 4.78 is 30.1. The van der Waals surface area contributed by atoms with Gasteiger partial charge < -0.3 is 9.32 Å². The number of amides is 1. The van der Waals surface area contributed by atoms with Crippen LogP contribution in [0.1, 0.15) is 33.9 Å². The van der Waals surface area contributed by atoms with E-state index in [4.69, 9.17) is 16.0 Å². The Morgan fingerprint density at radius 3 is 2.69 bits per heavy atom. The van der Waals surface area contributed by atoms with E-state index in [9.17, 15) is 13.6 Å². The normalized spacial score (nSPS) is 13.5. The number of benzene rings is 1. The van der Waals surface area contributed by atoms with Gasteiger partial charge in [0.2, 0.25) is 5.89 Å². The van der Waals surface area contributed by atoms with Gasteiger partial charge in [-0.1, -0.05) is 23.7 Å². The van der Waals surface area contributed by atoms with Crippen LogP contribution in [0.15, 0.2) is 40.9 Å². The topological polar surface area (TPSA) is 72.1 Å². The third-order valence-electron chi connectivity index (χ3n) is 3.99. The second kappa shape index (κ2) is 6.45. The lowest BCUT2D eigenvalue weighted by atomic mass is 10.1. The zero-order chi connectivity index (χ0) is 18.3. The molecule has 0 spiro atoms. The van der Waals surface area contributed by atoms with E-state index >= 15 is 0 Å². The Morgan fingerprint density at radius 2 is 2.00 bits per heavy atom. The van der Waals surface area contributed by atoms with Gasteiger partial charge in [0, 0.05) is 17.8 Å². The van der Waals surface area contributed by atoms with Crippen LogP contribution in [-0.2, 0) is 13.1 Å². The Labute approximate surface area is 151 Å². The summed E-state index contributed by atoms with van der Waals surface area (Å²) in [5.41, 5.74) is 2.27. The molecule has 3 aromatic rings. The molecule has 0 unspecified atom stereocenters. The molecule has 132 valence electrons. The molecular weight excluding hydrogens is 366 g/mol. The van der Waals surface area contributed by atoms with Crippen LogP contribution in [0.4, 0.5) is 8.78 Å². The highest BCUT2D eigenvalue weighted by molar-refractivity contribution is 6.30. The van der Waals surface area contributed by atoms with E-state index in [1.807, 2.05) is 12.1 Å². The van der Waals surface area contributed by atoms with Crippen molar-refractivity contribution in [3.8, 4) is 11.5 Å². The predicted molar refractivity (Wildman–Crippen MR) is 87.5 cm³/mol. The summed E-state index contributed by atoms with van der Waals surface area (Å²) >= 11 is 5.87. The lowest BCUT2D eigenvalue weighted by molar-refractivity contribution is 0.0766. The first-order chi connectivity index (χ1) is 12.5. The van der Waals surface area contributed by atoms with Gasteiger partial charge in [-0.2, -0.15) is 8.78 Å². The van der Waals surface area contributed by atoms with Crippen molar-refractivity contribution in [1.29, 1.82) is 0 Å². The van der Waals surface area contributed by atoms with E-state index in [1.54, 1.807) is 17.0 Å². The summed E-state index contributed by atoms with van der Waals surface area (Å²) in [5, 5.41) is 7.49. The van der Waals surface area contributed by atoms with Crippen molar-refractivity contribution in [2.24, 2.45) is 0 Å². The maximum Gasteiger partial charge on any atom is 0.314 e. The number of aromatic nitrogens is 3. The molecule has 0 saturated heterocycles. The minimum Gasteiger partial charge on any atom is -0.415 e. The van der Waals surface area contributed by atoms with Crippen molar-refractivity contribution in [3.05, 3.63) is 64.3 Å². The van der Waals surface area contributed by atoms with Gasteiger partial charge in [-0.25, -0.2) is 0 Å². The van der Waals surface area contributed by atoms with E-state index < -0.39 is 12.3 Å². The number of pyridine rings is 1. The summed E-state index contributed by atoms with van der Waals surface area (Å²) in [5.74, 6) is -1.06. The fourth-order valence-corrected chi connectivity index (χ4v) is 2.85. The third-order valence-corrected chi connectivity index (χ3v) is 4.24. The molecule has 4 rings (SSSR count). The largest absolute Gasteiger partial charge is 0.415 e. The lowest BCUT2D eigenvalue weighted by Gasteiger charge is -2.15. The minimum atomic E-state index is -2.85. The number of carbonyl (C=O) groups excluding carboxylic acids is 1. The van der Waals surface area contributed by atoms with E-state index in [2.05, 4.69) is 15.2 Å². The SMILES string of the molecule is O=C1c2cc(-c3nnc(C(F)F)o3)cnc2CN1Cc1ccc(Cl)cc1. The summed E-state index contributed by atoms with van der Waals surface area (Å²) in [6, 6.07) is 8.76. The summed E-state index contributed by atoms with van der Waals surface area (Å²) in [6.45, 7) is 0.779. The molecule has 26 heavy (non-hydrogen) atoms. The fraction of sp³-hybridized carbons (Fsp3) is 0.176. The standard InChI is InChI=1S/C17H11ClF2N4O2/c18-11-3-1-9(2-4-11)7-24-8-13-12(17(24)25)5-10(6-21-13)15-22-23-16(26-15)14(19)20/h1-6,14H,7-8H2. The van der Waals surface area contributed by atoms with Gasteiger partial charge in [0.1, 0.15) is 0 Å². The molecule has 1 aromatic carbocycles. The molecule has 0 bridgehead atoms. The van der Waals surface area contributed by atoms with Gasteiger partial charge in [-0.3, -0.25) is 9.78 Å². The summed E-state index contributed by atoms with van der Waals surface area (Å²) in [7, 11) is 0. The van der Waals surface area contributed by atoms with Crippen molar-refractivity contribution in [2.75, 3.05) is 0 Å². The molecule has 0 aliphatic carbocycles. The number of halogens is 3. The van der Waals surface area contributed by atoms with E-state index in [0.29, 0.717) is 34.9 Å². The van der Waals surface area contributed by atoms with E-state index in [1.165, 1.54) is 12.3 Å². The van der Waals surface area contributed by atoms with Crippen LogP contribution in [0.3, 0.4) is 0 Å². The quantitative estimate of drug-likeness (QED) is 0.691. The van der Waals surface area contributed by atoms with Crippen LogP contribution < -0.4 is 0 Å². The number of hydrogen-bond donors (Lipinski definition) is 0. The van der Waals surface area contributed by atoms with Gasteiger partial charge in [0.25, 0.3) is 11.8 Å². The molecule has 0 radical (unpaired) electrons. The smallest absolute Gasteiger partial charge is 0.314 e. The Balaban J connectivity index is 1.57. The van der Waals surface area contributed by atoms with Crippen molar-refractivity contribution in [1.82, 2.24) is 20.1 Å². The molecule has 2 aromatic heterocycles. The first-order valence-electron chi connectivity index (χ1n) is 7.66. The molecule has 9 heteroatoms. The first kappa shape index (κ1) is 16.6. The molecule has 1 amide bonds. The lowest BCUT2D eigenvalue weighted by Crippen LogP contribution is -2.23. The van der Waals surface area contributed by atoms with Gasteiger partial charge in [-0.15, -0.1) is 10.2 Å². The zero-order valence-corrected chi connectivity index (χ0v) is 14.0. The third kappa shape index (κ3) is 3.03. The molecule has 1 aliphatic heterocycles. The van der Waals surface area contributed by atoms with Crippen LogP contribution >= 0.6 is 11.6 Å². The minimum absolute atomic E-state index is 0.0976. The maximum absolute atomic E-state index is 12.6. The monoisotopic (exact) mass is 376 g/mol. The fourth-order valence-electron chi connectivity index (χ4n) is 2.72. The van der Waals surface area contributed by atoms with Crippen molar-refractivity contribution < 1.29 is 18.0 Å². The molecule has 0 fully saturated rings. The molecule has 6 nitrogen and oxygen atoms in total. The van der Waals surface area contributed by atoms with E-state index in [-0.39, 0.29) is 11.8 Å². The van der Waals surface area contributed by atoms with Crippen LogP contribution in [-0.4, -0.2) is 26.0 Å². The average molecular weight is 377 g/mol. The van der Waals surface area contributed by atoms with Crippen molar-refractivity contribution >= 4 is 17.5 Å². The highest BCUT2D eigenvalue weighted by Gasteiger charge is 2.29. The van der Waals surface area contributed by atoms with Crippen LogP contribution in [0, 0.1) is 0 Å². The number of alkyl halides is 2. The highest BCUT2D eigenvalue weighted by atomic mass is 35.5. The number of nitrogens with zero attached hydrogens (tertiary/aromatic N) is 4. The van der Waals surface area contributed by atoms with Crippen molar-refractivity contribution in [2.45, 2.75) is 19.5 Å².